The molecule has 3 N–H and O–H groups in total. The number of aryl methyl sites for hydroxylation is 1. The molecular formula is C16H26N3O2+. The van der Waals surface area contributed by atoms with Gasteiger partial charge in [-0.15, -0.1) is 0 Å². The lowest BCUT2D eigenvalue weighted by Crippen LogP contribution is -3.17. The standard InChI is InChI=1S/C16H25N3O2/c1-5-17-15(20)11-19(6-2)13(4)16(21)18-14-9-7-8-12(3)10-14/h7-10,13H,5-6,11H2,1-4H3,(H,17,20)(H,18,21)/p+1/t13-/m1/s1. The van der Waals surface area contributed by atoms with E-state index in [4.69, 9.17) is 0 Å². The van der Waals surface area contributed by atoms with Crippen LogP contribution < -0.4 is 15.5 Å². The van der Waals surface area contributed by atoms with Crippen molar-refractivity contribution in [2.45, 2.75) is 33.7 Å². The van der Waals surface area contributed by atoms with Gasteiger partial charge in [0.1, 0.15) is 0 Å². The van der Waals surface area contributed by atoms with Crippen LogP contribution in [0.15, 0.2) is 24.3 Å². The molecule has 2 amide bonds. The number of hydrogen-bond donors (Lipinski definition) is 3. The molecule has 0 spiro atoms. The third kappa shape index (κ3) is 5.55. The van der Waals surface area contributed by atoms with Gasteiger partial charge >= 0.3 is 0 Å². The van der Waals surface area contributed by atoms with Gasteiger partial charge in [0.15, 0.2) is 12.6 Å². The van der Waals surface area contributed by atoms with Gasteiger partial charge in [-0.2, -0.15) is 0 Å². The van der Waals surface area contributed by atoms with E-state index >= 15 is 0 Å². The second-order valence-electron chi connectivity index (χ2n) is 5.22. The van der Waals surface area contributed by atoms with Gasteiger partial charge in [-0.25, -0.2) is 0 Å². The summed E-state index contributed by atoms with van der Waals surface area (Å²) in [7, 11) is 0. The smallest absolute Gasteiger partial charge is 0.282 e. The molecule has 1 aromatic carbocycles. The van der Waals surface area contributed by atoms with Crippen LogP contribution in [0.2, 0.25) is 0 Å². The molecule has 0 fully saturated rings. The Hall–Kier alpha value is -1.88. The third-order valence-corrected chi connectivity index (χ3v) is 3.51. The number of rotatable bonds is 7. The fourth-order valence-corrected chi connectivity index (χ4v) is 2.21. The first kappa shape index (κ1) is 17.2. The Balaban J connectivity index is 2.64. The highest BCUT2D eigenvalue weighted by atomic mass is 16.2. The van der Waals surface area contributed by atoms with E-state index in [2.05, 4.69) is 10.6 Å². The van der Waals surface area contributed by atoms with Gasteiger partial charge in [0.25, 0.3) is 11.8 Å². The third-order valence-electron chi connectivity index (χ3n) is 3.51. The van der Waals surface area contributed by atoms with Gasteiger partial charge in [-0.05, 0) is 45.4 Å². The van der Waals surface area contributed by atoms with Crippen molar-refractivity contribution in [3.05, 3.63) is 29.8 Å². The number of hydrogen-bond acceptors (Lipinski definition) is 2. The van der Waals surface area contributed by atoms with Crippen LogP contribution in [0.1, 0.15) is 26.3 Å². The number of benzene rings is 1. The van der Waals surface area contributed by atoms with Crippen LogP contribution in [-0.2, 0) is 9.59 Å². The molecule has 1 rings (SSSR count). The Morgan fingerprint density at radius 3 is 2.57 bits per heavy atom. The topological polar surface area (TPSA) is 62.6 Å². The monoisotopic (exact) mass is 292 g/mol. The van der Waals surface area contributed by atoms with Crippen molar-refractivity contribution in [1.29, 1.82) is 0 Å². The SMILES string of the molecule is CCNC(=O)C[NH+](CC)[C@H](C)C(=O)Nc1cccc(C)c1. The molecule has 0 aliphatic rings. The number of carbonyl (C=O) groups excluding carboxylic acids is 2. The maximum atomic E-state index is 12.3. The molecule has 21 heavy (non-hydrogen) atoms. The summed E-state index contributed by atoms with van der Waals surface area (Å²) in [6, 6.07) is 7.41. The fraction of sp³-hybridized carbons (Fsp3) is 0.500. The number of nitrogens with one attached hydrogen (secondary N) is 3. The molecule has 2 atom stereocenters. The van der Waals surface area contributed by atoms with Crippen molar-refractivity contribution in [2.75, 3.05) is 25.0 Å². The Kier molecular flexibility index (Phi) is 6.88. The van der Waals surface area contributed by atoms with E-state index in [1.165, 1.54) is 0 Å². The first-order valence-corrected chi connectivity index (χ1v) is 7.46. The number of carbonyl (C=O) groups is 2. The highest BCUT2D eigenvalue weighted by molar-refractivity contribution is 5.93. The summed E-state index contributed by atoms with van der Waals surface area (Å²) < 4.78 is 0. The van der Waals surface area contributed by atoms with Crippen LogP contribution in [-0.4, -0.2) is 37.5 Å². The molecule has 0 saturated carbocycles. The molecule has 0 radical (unpaired) electrons. The highest BCUT2D eigenvalue weighted by Gasteiger charge is 2.25. The maximum absolute atomic E-state index is 12.3. The van der Waals surface area contributed by atoms with Gasteiger partial charge < -0.3 is 15.5 Å². The lowest BCUT2D eigenvalue weighted by Gasteiger charge is -2.23. The number of amides is 2. The number of quaternary nitrogens is 1. The van der Waals surface area contributed by atoms with Crippen molar-refractivity contribution in [1.82, 2.24) is 5.32 Å². The second-order valence-corrected chi connectivity index (χ2v) is 5.22. The molecule has 1 aromatic rings. The number of likely N-dealkylation sites (N-methyl/N-ethyl adjacent to an activating group) is 2. The molecule has 1 unspecified atom stereocenters. The summed E-state index contributed by atoms with van der Waals surface area (Å²) in [6.45, 7) is 9.34. The zero-order chi connectivity index (χ0) is 15.8. The van der Waals surface area contributed by atoms with E-state index in [0.29, 0.717) is 13.1 Å². The van der Waals surface area contributed by atoms with Crippen LogP contribution in [0.4, 0.5) is 5.69 Å². The summed E-state index contributed by atoms with van der Waals surface area (Å²) in [5, 5.41) is 5.68. The molecule has 0 bridgehead atoms. The Labute approximate surface area is 126 Å². The van der Waals surface area contributed by atoms with Gasteiger partial charge in [0.05, 0.1) is 6.54 Å². The predicted molar refractivity (Wildman–Crippen MR) is 84.3 cm³/mol. The minimum atomic E-state index is -0.280. The van der Waals surface area contributed by atoms with Crippen LogP contribution in [0.3, 0.4) is 0 Å². The largest absolute Gasteiger partial charge is 0.351 e. The van der Waals surface area contributed by atoms with Crippen molar-refractivity contribution in [3.8, 4) is 0 Å². The normalized spacial score (nSPS) is 13.3. The van der Waals surface area contributed by atoms with Crippen molar-refractivity contribution >= 4 is 17.5 Å². The molecule has 5 heteroatoms. The maximum Gasteiger partial charge on any atom is 0.282 e. The summed E-state index contributed by atoms with van der Waals surface area (Å²) in [5.74, 6) is -0.0914. The summed E-state index contributed by atoms with van der Waals surface area (Å²) >= 11 is 0. The van der Waals surface area contributed by atoms with Gasteiger partial charge in [0.2, 0.25) is 0 Å². The van der Waals surface area contributed by atoms with E-state index in [1.807, 2.05) is 52.0 Å². The highest BCUT2D eigenvalue weighted by Crippen LogP contribution is 2.09. The molecule has 116 valence electrons. The second kappa shape index (κ2) is 8.42. The van der Waals surface area contributed by atoms with Crippen LogP contribution in [0.5, 0.6) is 0 Å². The molecule has 0 aliphatic heterocycles. The van der Waals surface area contributed by atoms with E-state index in [-0.39, 0.29) is 17.9 Å². The van der Waals surface area contributed by atoms with Gasteiger partial charge in [-0.3, -0.25) is 9.59 Å². The molecule has 5 nitrogen and oxygen atoms in total. The molecule has 0 heterocycles. The van der Waals surface area contributed by atoms with E-state index < -0.39 is 0 Å². The zero-order valence-electron chi connectivity index (χ0n) is 13.3. The summed E-state index contributed by atoms with van der Waals surface area (Å²) in [5.41, 5.74) is 1.89. The molecule has 0 saturated heterocycles. The predicted octanol–water partition coefficient (Wildman–Crippen LogP) is 0.363. The molecular weight excluding hydrogens is 266 g/mol. The van der Waals surface area contributed by atoms with Crippen molar-refractivity contribution in [3.63, 3.8) is 0 Å². The quantitative estimate of drug-likeness (QED) is 0.679. The van der Waals surface area contributed by atoms with Crippen molar-refractivity contribution in [2.24, 2.45) is 0 Å². The Bertz CT molecular complexity index is 488. The van der Waals surface area contributed by atoms with Crippen LogP contribution >= 0.6 is 0 Å². The minimum Gasteiger partial charge on any atom is -0.351 e. The summed E-state index contributed by atoms with van der Waals surface area (Å²) in [4.78, 5) is 24.9. The Morgan fingerprint density at radius 1 is 1.29 bits per heavy atom. The van der Waals surface area contributed by atoms with E-state index in [0.717, 1.165) is 22.7 Å². The van der Waals surface area contributed by atoms with Crippen LogP contribution in [0, 0.1) is 6.92 Å². The van der Waals surface area contributed by atoms with E-state index in [1.54, 1.807) is 0 Å². The van der Waals surface area contributed by atoms with E-state index in [9.17, 15) is 9.59 Å². The average molecular weight is 292 g/mol. The number of anilines is 1. The first-order chi connectivity index (χ1) is 9.97. The Morgan fingerprint density at radius 2 is 2.00 bits per heavy atom. The van der Waals surface area contributed by atoms with Gasteiger partial charge in [-0.1, -0.05) is 12.1 Å². The molecule has 0 aromatic heterocycles. The zero-order valence-corrected chi connectivity index (χ0v) is 13.3. The fourth-order valence-electron chi connectivity index (χ4n) is 2.21. The van der Waals surface area contributed by atoms with Gasteiger partial charge in [0, 0.05) is 12.2 Å². The van der Waals surface area contributed by atoms with Crippen molar-refractivity contribution < 1.29 is 14.5 Å². The summed E-state index contributed by atoms with van der Waals surface area (Å²) in [6.07, 6.45) is 0. The lowest BCUT2D eigenvalue weighted by molar-refractivity contribution is -0.904. The van der Waals surface area contributed by atoms with Crippen LogP contribution in [0.25, 0.3) is 0 Å². The molecule has 0 aliphatic carbocycles. The minimum absolute atomic E-state index is 0.0236. The average Bonchev–Trinajstić information content (AvgIpc) is 2.44. The lowest BCUT2D eigenvalue weighted by atomic mass is 10.2. The first-order valence-electron chi connectivity index (χ1n) is 7.46.